The van der Waals surface area contributed by atoms with E-state index in [0.29, 0.717) is 6.42 Å². The maximum absolute atomic E-state index is 4.64. The van der Waals surface area contributed by atoms with Gasteiger partial charge in [-0.1, -0.05) is 34.6 Å². The molecule has 0 radical (unpaired) electrons. The molecule has 0 aliphatic carbocycles. The van der Waals surface area contributed by atoms with E-state index in [-0.39, 0.29) is 0 Å². The van der Waals surface area contributed by atoms with Gasteiger partial charge in [0.05, 0.1) is 6.21 Å². The molecular weight excluding hydrogens is 192 g/mol. The molecule has 0 spiro atoms. The number of oxime groups is 2. The largest absolute Gasteiger partial charge is 0.399 e. The molecule has 0 heterocycles. The van der Waals surface area contributed by atoms with Gasteiger partial charge in [-0.25, -0.2) is 0 Å². The first-order chi connectivity index (χ1) is 7.38. The van der Waals surface area contributed by atoms with Crippen LogP contribution in [-0.2, 0) is 16.1 Å². The third-order valence-corrected chi connectivity index (χ3v) is 1.84. The zero-order valence-corrected chi connectivity index (χ0v) is 8.88. The minimum absolute atomic E-state index is 0.708. The van der Waals surface area contributed by atoms with Gasteiger partial charge in [-0.3, -0.25) is 0 Å². The van der Waals surface area contributed by atoms with Gasteiger partial charge in [0.25, 0.3) is 0 Å². The van der Waals surface area contributed by atoms with Crippen molar-refractivity contribution in [3.8, 4) is 0 Å². The Bertz CT molecular complexity index is 348. The van der Waals surface area contributed by atoms with Gasteiger partial charge in [-0.05, 0) is 11.1 Å². The maximum atomic E-state index is 4.64. The Kier molecular flexibility index (Phi) is 4.94. The molecule has 80 valence electrons. The van der Waals surface area contributed by atoms with Crippen molar-refractivity contribution in [1.29, 1.82) is 0 Å². The number of benzene rings is 1. The normalized spacial score (nSPS) is 11.1. The lowest BCUT2D eigenvalue weighted by molar-refractivity contribution is 0.214. The second-order valence-electron chi connectivity index (χ2n) is 2.79. The van der Waals surface area contributed by atoms with Crippen LogP contribution in [0.1, 0.15) is 11.1 Å². The Morgan fingerprint density at radius 3 is 2.60 bits per heavy atom. The van der Waals surface area contributed by atoms with Crippen molar-refractivity contribution in [1.82, 2.24) is 0 Å². The first-order valence-corrected chi connectivity index (χ1v) is 4.58. The minimum atomic E-state index is 0.708. The van der Waals surface area contributed by atoms with Crippen LogP contribution < -0.4 is 0 Å². The molecule has 0 atom stereocenters. The molecule has 0 N–H and O–H groups in total. The fourth-order valence-electron chi connectivity index (χ4n) is 1.17. The third kappa shape index (κ3) is 3.81. The summed E-state index contributed by atoms with van der Waals surface area (Å²) < 4.78 is 0. The second-order valence-corrected chi connectivity index (χ2v) is 2.79. The molecule has 4 heteroatoms. The van der Waals surface area contributed by atoms with Crippen LogP contribution in [0.25, 0.3) is 0 Å². The summed E-state index contributed by atoms with van der Waals surface area (Å²) in [5.41, 5.74) is 2.14. The molecule has 1 aromatic rings. The van der Waals surface area contributed by atoms with Crippen molar-refractivity contribution in [2.75, 3.05) is 14.2 Å². The highest BCUT2D eigenvalue weighted by atomic mass is 16.6. The Balaban J connectivity index is 2.76. The average molecular weight is 206 g/mol. The van der Waals surface area contributed by atoms with Crippen LogP contribution in [0, 0.1) is 0 Å². The van der Waals surface area contributed by atoms with Gasteiger partial charge in [-0.15, -0.1) is 0 Å². The van der Waals surface area contributed by atoms with Crippen LogP contribution in [0.4, 0.5) is 0 Å². The summed E-state index contributed by atoms with van der Waals surface area (Å²) in [7, 11) is 3.04. The monoisotopic (exact) mass is 206 g/mol. The highest BCUT2D eigenvalue weighted by Gasteiger charge is 1.97. The molecule has 1 rings (SSSR count). The van der Waals surface area contributed by atoms with Crippen molar-refractivity contribution < 1.29 is 9.68 Å². The van der Waals surface area contributed by atoms with E-state index in [4.69, 9.17) is 0 Å². The second kappa shape index (κ2) is 6.59. The fraction of sp³-hybridized carbons (Fsp3) is 0.273. The molecular formula is C11H14N2O2. The molecule has 0 saturated heterocycles. The molecule has 0 fully saturated rings. The van der Waals surface area contributed by atoms with Crippen molar-refractivity contribution in [2.45, 2.75) is 6.42 Å². The molecule has 0 unspecified atom stereocenters. The van der Waals surface area contributed by atoms with Crippen molar-refractivity contribution in [2.24, 2.45) is 10.3 Å². The van der Waals surface area contributed by atoms with Gasteiger partial charge in [0.1, 0.15) is 14.2 Å². The Labute approximate surface area is 89.2 Å². The van der Waals surface area contributed by atoms with Gasteiger partial charge in [0, 0.05) is 12.6 Å². The van der Waals surface area contributed by atoms with Gasteiger partial charge >= 0.3 is 0 Å². The maximum Gasteiger partial charge on any atom is 0.106 e. The van der Waals surface area contributed by atoms with E-state index in [2.05, 4.69) is 20.0 Å². The predicted molar refractivity (Wildman–Crippen MR) is 60.3 cm³/mol. The zero-order valence-electron chi connectivity index (χ0n) is 8.88. The topological polar surface area (TPSA) is 43.2 Å². The molecule has 0 aliphatic rings. The quantitative estimate of drug-likeness (QED) is 0.545. The van der Waals surface area contributed by atoms with E-state index in [1.807, 2.05) is 24.3 Å². The van der Waals surface area contributed by atoms with Crippen molar-refractivity contribution in [3.05, 3.63) is 35.4 Å². The van der Waals surface area contributed by atoms with Gasteiger partial charge in [-0.2, -0.15) is 0 Å². The summed E-state index contributed by atoms with van der Waals surface area (Å²) in [4.78, 5) is 9.23. The molecule has 15 heavy (non-hydrogen) atoms. The number of hydrogen-bond acceptors (Lipinski definition) is 4. The van der Waals surface area contributed by atoms with Crippen molar-refractivity contribution >= 4 is 12.4 Å². The number of nitrogens with zero attached hydrogens (tertiary/aromatic N) is 2. The molecule has 0 aliphatic heterocycles. The van der Waals surface area contributed by atoms with Crippen LogP contribution in [0.2, 0.25) is 0 Å². The molecule has 0 saturated carbocycles. The van der Waals surface area contributed by atoms with E-state index in [9.17, 15) is 0 Å². The third-order valence-electron chi connectivity index (χ3n) is 1.84. The van der Waals surface area contributed by atoms with E-state index in [1.54, 1.807) is 12.4 Å². The lowest BCUT2D eigenvalue weighted by atomic mass is 10.1. The summed E-state index contributed by atoms with van der Waals surface area (Å²) in [5, 5.41) is 7.42. The standard InChI is InChI=1S/C11H14N2O2/c1-14-12-8-7-10-5-3-4-6-11(10)9-13-15-2/h3-6,8-9H,7H2,1-2H3/b12-8-,13-9+. The van der Waals surface area contributed by atoms with Gasteiger partial charge in [0.2, 0.25) is 0 Å². The molecule has 0 bridgehead atoms. The lowest BCUT2D eigenvalue weighted by Gasteiger charge is -2.00. The Hall–Kier alpha value is -1.84. The van der Waals surface area contributed by atoms with E-state index >= 15 is 0 Å². The van der Waals surface area contributed by atoms with Crippen molar-refractivity contribution in [3.63, 3.8) is 0 Å². The molecule has 0 aromatic heterocycles. The Morgan fingerprint density at radius 2 is 1.87 bits per heavy atom. The fourth-order valence-corrected chi connectivity index (χ4v) is 1.17. The van der Waals surface area contributed by atoms with Crippen LogP contribution >= 0.6 is 0 Å². The summed E-state index contributed by atoms with van der Waals surface area (Å²) in [5.74, 6) is 0. The summed E-state index contributed by atoms with van der Waals surface area (Å²) >= 11 is 0. The van der Waals surface area contributed by atoms with Crippen LogP contribution in [0.5, 0.6) is 0 Å². The molecule has 0 amide bonds. The first-order valence-electron chi connectivity index (χ1n) is 4.58. The summed E-state index contributed by atoms with van der Waals surface area (Å²) in [6.45, 7) is 0. The zero-order chi connectivity index (χ0) is 10.9. The van der Waals surface area contributed by atoms with Crippen LogP contribution in [0.3, 0.4) is 0 Å². The lowest BCUT2D eigenvalue weighted by Crippen LogP contribution is -1.94. The number of rotatable bonds is 5. The Morgan fingerprint density at radius 1 is 1.13 bits per heavy atom. The van der Waals surface area contributed by atoms with Crippen LogP contribution in [0.15, 0.2) is 34.6 Å². The highest BCUT2D eigenvalue weighted by Crippen LogP contribution is 2.06. The average Bonchev–Trinajstić information content (AvgIpc) is 2.28. The first kappa shape index (κ1) is 11.2. The van der Waals surface area contributed by atoms with Gasteiger partial charge in [0.15, 0.2) is 0 Å². The highest BCUT2D eigenvalue weighted by molar-refractivity contribution is 5.82. The van der Waals surface area contributed by atoms with E-state index in [1.165, 1.54) is 14.2 Å². The summed E-state index contributed by atoms with van der Waals surface area (Å²) in [6.07, 6.45) is 4.09. The number of hydrogen-bond donors (Lipinski definition) is 0. The van der Waals surface area contributed by atoms with Gasteiger partial charge < -0.3 is 9.68 Å². The summed E-state index contributed by atoms with van der Waals surface area (Å²) in [6, 6.07) is 7.91. The smallest absolute Gasteiger partial charge is 0.106 e. The van der Waals surface area contributed by atoms with E-state index < -0.39 is 0 Å². The predicted octanol–water partition coefficient (Wildman–Crippen LogP) is 1.84. The minimum Gasteiger partial charge on any atom is -0.399 e. The molecule has 1 aromatic carbocycles. The van der Waals surface area contributed by atoms with Crippen LogP contribution in [-0.4, -0.2) is 26.6 Å². The van der Waals surface area contributed by atoms with E-state index in [0.717, 1.165) is 11.1 Å². The molecule has 4 nitrogen and oxygen atoms in total. The SMILES string of the molecule is CO/N=C\Cc1ccccc1/C=N/OC.